The van der Waals surface area contributed by atoms with Crippen molar-refractivity contribution in [2.75, 3.05) is 0 Å². The number of benzene rings is 1. The molecule has 2 rings (SSSR count). The zero-order valence-electron chi connectivity index (χ0n) is 12.7. The van der Waals surface area contributed by atoms with Crippen LogP contribution in [0.1, 0.15) is 43.2 Å². The molecule has 0 aliphatic heterocycles. The van der Waals surface area contributed by atoms with Gasteiger partial charge < -0.3 is 14.9 Å². The van der Waals surface area contributed by atoms with Gasteiger partial charge in [0.25, 0.3) is 0 Å². The quantitative estimate of drug-likeness (QED) is 0.918. The summed E-state index contributed by atoms with van der Waals surface area (Å²) in [7, 11) is 0. The Bertz CT molecular complexity index is 579. The fourth-order valence-electron chi connectivity index (χ4n) is 2.10. The van der Waals surface area contributed by atoms with Crippen molar-refractivity contribution in [1.29, 1.82) is 0 Å². The lowest BCUT2D eigenvalue weighted by Gasteiger charge is -2.20. The first-order valence-electron chi connectivity index (χ1n) is 6.91. The van der Waals surface area contributed by atoms with Crippen molar-refractivity contribution < 1.29 is 9.15 Å². The van der Waals surface area contributed by atoms with Gasteiger partial charge in [0.2, 0.25) is 0 Å². The minimum atomic E-state index is 0.150. The molecule has 0 spiro atoms. The molecule has 0 fully saturated rings. The van der Waals surface area contributed by atoms with Crippen LogP contribution in [0.25, 0.3) is 0 Å². The van der Waals surface area contributed by atoms with E-state index >= 15 is 0 Å². The van der Waals surface area contributed by atoms with Gasteiger partial charge in [-0.2, -0.15) is 0 Å². The van der Waals surface area contributed by atoms with Gasteiger partial charge >= 0.3 is 0 Å². The maximum absolute atomic E-state index is 5.84. The lowest BCUT2D eigenvalue weighted by Crippen LogP contribution is -2.11. The highest BCUT2D eigenvalue weighted by Crippen LogP contribution is 2.28. The molecule has 1 heterocycles. The van der Waals surface area contributed by atoms with Gasteiger partial charge in [-0.3, -0.25) is 0 Å². The first-order valence-corrected chi connectivity index (χ1v) is 6.91. The molecule has 0 amide bonds. The summed E-state index contributed by atoms with van der Waals surface area (Å²) in [6, 6.07) is 8.21. The van der Waals surface area contributed by atoms with E-state index in [0.29, 0.717) is 13.2 Å². The standard InChI is InChI=1S/C17H23NO2/c1-12-9-14(17(2,3)4)5-6-15(12)20-11-16-13(10-18)7-8-19-16/h5-9H,10-11,18H2,1-4H3. The predicted octanol–water partition coefficient (Wildman–Crippen LogP) is 3.92. The van der Waals surface area contributed by atoms with E-state index in [9.17, 15) is 0 Å². The molecule has 1 aromatic heterocycles. The molecule has 0 aliphatic carbocycles. The third-order valence-electron chi connectivity index (χ3n) is 3.46. The number of nitrogens with two attached hydrogens (primary N) is 1. The van der Waals surface area contributed by atoms with E-state index < -0.39 is 0 Å². The van der Waals surface area contributed by atoms with Gasteiger partial charge in [-0.15, -0.1) is 0 Å². The molecule has 0 saturated heterocycles. The van der Waals surface area contributed by atoms with Crippen molar-refractivity contribution in [3.8, 4) is 5.75 Å². The minimum absolute atomic E-state index is 0.150. The fourth-order valence-corrected chi connectivity index (χ4v) is 2.10. The number of ether oxygens (including phenoxy) is 1. The molecular formula is C17H23NO2. The summed E-state index contributed by atoms with van der Waals surface area (Å²) in [6.07, 6.45) is 1.65. The van der Waals surface area contributed by atoms with E-state index in [1.807, 2.05) is 12.1 Å². The molecule has 0 atom stereocenters. The van der Waals surface area contributed by atoms with Gasteiger partial charge in [-0.05, 0) is 35.6 Å². The lowest BCUT2D eigenvalue weighted by atomic mass is 9.86. The molecule has 3 heteroatoms. The normalized spacial score (nSPS) is 11.7. The summed E-state index contributed by atoms with van der Waals surface area (Å²) >= 11 is 0. The molecule has 0 aliphatic rings. The number of rotatable bonds is 4. The molecule has 2 aromatic rings. The van der Waals surface area contributed by atoms with Crippen LogP contribution in [-0.4, -0.2) is 0 Å². The zero-order valence-corrected chi connectivity index (χ0v) is 12.7. The summed E-state index contributed by atoms with van der Waals surface area (Å²) < 4.78 is 11.2. The first-order chi connectivity index (χ1) is 9.41. The fraction of sp³-hybridized carbons (Fsp3) is 0.412. The Labute approximate surface area is 120 Å². The molecule has 1 aromatic carbocycles. The van der Waals surface area contributed by atoms with E-state index in [-0.39, 0.29) is 5.41 Å². The Morgan fingerprint density at radius 1 is 1.20 bits per heavy atom. The highest BCUT2D eigenvalue weighted by molar-refractivity contribution is 5.38. The number of aryl methyl sites for hydroxylation is 1. The molecule has 0 bridgehead atoms. The van der Waals surface area contributed by atoms with Crippen LogP contribution >= 0.6 is 0 Å². The predicted molar refractivity (Wildman–Crippen MR) is 80.8 cm³/mol. The SMILES string of the molecule is Cc1cc(C(C)(C)C)ccc1OCc1occc1CN. The van der Waals surface area contributed by atoms with Crippen molar-refractivity contribution in [1.82, 2.24) is 0 Å². The maximum Gasteiger partial charge on any atom is 0.146 e. The second-order valence-corrected chi connectivity index (χ2v) is 6.09. The van der Waals surface area contributed by atoms with Crippen LogP contribution in [0, 0.1) is 6.92 Å². The van der Waals surface area contributed by atoms with Crippen LogP contribution in [0.2, 0.25) is 0 Å². The van der Waals surface area contributed by atoms with E-state index in [1.54, 1.807) is 6.26 Å². The van der Waals surface area contributed by atoms with Crippen LogP contribution in [0.15, 0.2) is 34.9 Å². The van der Waals surface area contributed by atoms with E-state index in [0.717, 1.165) is 22.6 Å². The Balaban J connectivity index is 2.11. The average Bonchev–Trinajstić information content (AvgIpc) is 2.83. The Morgan fingerprint density at radius 3 is 2.55 bits per heavy atom. The minimum Gasteiger partial charge on any atom is -0.485 e. The molecule has 20 heavy (non-hydrogen) atoms. The molecule has 0 unspecified atom stereocenters. The Morgan fingerprint density at radius 2 is 1.95 bits per heavy atom. The van der Waals surface area contributed by atoms with Crippen molar-refractivity contribution in [2.24, 2.45) is 5.73 Å². The van der Waals surface area contributed by atoms with Gasteiger partial charge in [0.15, 0.2) is 0 Å². The first kappa shape index (κ1) is 14.7. The second-order valence-electron chi connectivity index (χ2n) is 6.09. The Hall–Kier alpha value is -1.74. The highest BCUT2D eigenvalue weighted by Gasteiger charge is 2.15. The van der Waals surface area contributed by atoms with Crippen LogP contribution in [-0.2, 0) is 18.6 Å². The van der Waals surface area contributed by atoms with Crippen LogP contribution in [0.5, 0.6) is 5.75 Å². The lowest BCUT2D eigenvalue weighted by molar-refractivity contribution is 0.267. The maximum atomic E-state index is 5.84. The van der Waals surface area contributed by atoms with E-state index in [4.69, 9.17) is 14.9 Å². The second kappa shape index (κ2) is 5.71. The van der Waals surface area contributed by atoms with Crippen LogP contribution < -0.4 is 10.5 Å². The van der Waals surface area contributed by atoms with Crippen molar-refractivity contribution in [3.05, 3.63) is 53.0 Å². The summed E-state index contributed by atoms with van der Waals surface area (Å²) in [4.78, 5) is 0. The number of furan rings is 1. The summed E-state index contributed by atoms with van der Waals surface area (Å²) in [6.45, 7) is 9.57. The van der Waals surface area contributed by atoms with Crippen molar-refractivity contribution >= 4 is 0 Å². The smallest absolute Gasteiger partial charge is 0.146 e. The zero-order chi connectivity index (χ0) is 14.8. The van der Waals surface area contributed by atoms with Gasteiger partial charge in [-0.1, -0.05) is 32.9 Å². The summed E-state index contributed by atoms with van der Waals surface area (Å²) in [5.41, 5.74) is 9.24. The van der Waals surface area contributed by atoms with Crippen LogP contribution in [0.3, 0.4) is 0 Å². The van der Waals surface area contributed by atoms with Gasteiger partial charge in [0.1, 0.15) is 18.1 Å². The summed E-state index contributed by atoms with van der Waals surface area (Å²) in [5, 5.41) is 0. The highest BCUT2D eigenvalue weighted by atomic mass is 16.5. The van der Waals surface area contributed by atoms with Crippen LogP contribution in [0.4, 0.5) is 0 Å². The molecule has 0 saturated carbocycles. The topological polar surface area (TPSA) is 48.4 Å². The Kier molecular flexibility index (Phi) is 4.19. The largest absolute Gasteiger partial charge is 0.485 e. The van der Waals surface area contributed by atoms with Gasteiger partial charge in [0.05, 0.1) is 6.26 Å². The molecular weight excluding hydrogens is 250 g/mol. The van der Waals surface area contributed by atoms with Crippen molar-refractivity contribution in [2.45, 2.75) is 46.3 Å². The average molecular weight is 273 g/mol. The van der Waals surface area contributed by atoms with Gasteiger partial charge in [0, 0.05) is 12.1 Å². The third-order valence-corrected chi connectivity index (χ3v) is 3.46. The monoisotopic (exact) mass is 273 g/mol. The van der Waals surface area contributed by atoms with E-state index in [1.165, 1.54) is 5.56 Å². The van der Waals surface area contributed by atoms with E-state index in [2.05, 4.69) is 39.8 Å². The molecule has 108 valence electrons. The third kappa shape index (κ3) is 3.23. The molecule has 2 N–H and O–H groups in total. The molecule has 0 radical (unpaired) electrons. The molecule has 3 nitrogen and oxygen atoms in total. The summed E-state index contributed by atoms with van der Waals surface area (Å²) in [5.74, 6) is 1.68. The van der Waals surface area contributed by atoms with Crippen molar-refractivity contribution in [3.63, 3.8) is 0 Å². The number of hydrogen-bond acceptors (Lipinski definition) is 3. The van der Waals surface area contributed by atoms with Gasteiger partial charge in [-0.25, -0.2) is 0 Å². The number of hydrogen-bond donors (Lipinski definition) is 1.